The first-order chi connectivity index (χ1) is 12.9. The van der Waals surface area contributed by atoms with Crippen molar-refractivity contribution in [3.63, 3.8) is 0 Å². The van der Waals surface area contributed by atoms with Gasteiger partial charge in [-0.1, -0.05) is 41.4 Å². The fraction of sp³-hybridized carbons (Fsp3) is 0.333. The lowest BCUT2D eigenvalue weighted by atomic mass is 10.1. The van der Waals surface area contributed by atoms with Gasteiger partial charge in [-0.05, 0) is 61.6 Å². The van der Waals surface area contributed by atoms with Crippen LogP contribution in [-0.2, 0) is 16.0 Å². The zero-order valence-electron chi connectivity index (χ0n) is 15.1. The van der Waals surface area contributed by atoms with E-state index in [4.69, 9.17) is 23.2 Å². The molecule has 1 atom stereocenters. The molecule has 0 aliphatic heterocycles. The number of rotatable bonds is 7. The van der Waals surface area contributed by atoms with Crippen molar-refractivity contribution in [1.82, 2.24) is 5.32 Å². The van der Waals surface area contributed by atoms with Crippen LogP contribution in [0.3, 0.4) is 0 Å². The van der Waals surface area contributed by atoms with E-state index < -0.39 is 0 Å². The Balaban J connectivity index is 1.49. The maximum absolute atomic E-state index is 12.2. The van der Waals surface area contributed by atoms with Gasteiger partial charge in [-0.3, -0.25) is 9.59 Å². The highest BCUT2D eigenvalue weighted by Gasteiger charge is 2.29. The quantitative estimate of drug-likeness (QED) is 0.669. The number of halogens is 2. The third kappa shape index (κ3) is 5.72. The SMILES string of the molecule is CC(NC(=O)CCc1ccc(Cl)cc1Cl)c1ccc(NC(=O)C2CC2)cc1. The summed E-state index contributed by atoms with van der Waals surface area (Å²) in [5.41, 5.74) is 2.67. The molecule has 3 rings (SSSR count). The summed E-state index contributed by atoms with van der Waals surface area (Å²) in [5, 5.41) is 7.06. The Bertz CT molecular complexity index is 833. The summed E-state index contributed by atoms with van der Waals surface area (Å²) in [4.78, 5) is 24.0. The van der Waals surface area contributed by atoms with Gasteiger partial charge in [-0.25, -0.2) is 0 Å². The average molecular weight is 405 g/mol. The minimum Gasteiger partial charge on any atom is -0.350 e. The Labute approximate surface area is 169 Å². The molecule has 0 heterocycles. The summed E-state index contributed by atoms with van der Waals surface area (Å²) in [6.45, 7) is 1.94. The number of carbonyl (C=O) groups excluding carboxylic acids is 2. The molecule has 0 spiro atoms. The van der Waals surface area contributed by atoms with Crippen LogP contribution < -0.4 is 10.6 Å². The van der Waals surface area contributed by atoms with Gasteiger partial charge in [-0.15, -0.1) is 0 Å². The zero-order chi connectivity index (χ0) is 19.4. The van der Waals surface area contributed by atoms with Gasteiger partial charge in [0.1, 0.15) is 0 Å². The number of hydrogen-bond donors (Lipinski definition) is 2. The van der Waals surface area contributed by atoms with E-state index >= 15 is 0 Å². The molecule has 0 bridgehead atoms. The van der Waals surface area contributed by atoms with Crippen molar-refractivity contribution in [2.45, 2.75) is 38.6 Å². The standard InChI is InChI=1S/C21H22Cl2N2O2/c1-13(14-5-9-18(10-6-14)25-21(27)16-2-3-16)24-20(26)11-7-15-4-8-17(22)12-19(15)23/h4-6,8-10,12-13,16H,2-3,7,11H2,1H3,(H,24,26)(H,25,27). The molecular formula is C21H22Cl2N2O2. The van der Waals surface area contributed by atoms with Gasteiger partial charge in [-0.2, -0.15) is 0 Å². The number of nitrogens with one attached hydrogen (secondary N) is 2. The topological polar surface area (TPSA) is 58.2 Å². The van der Waals surface area contributed by atoms with E-state index in [0.29, 0.717) is 22.9 Å². The molecule has 2 N–H and O–H groups in total. The van der Waals surface area contributed by atoms with E-state index in [1.807, 2.05) is 37.3 Å². The normalized spacial score (nSPS) is 14.5. The number of anilines is 1. The average Bonchev–Trinajstić information content (AvgIpc) is 3.46. The summed E-state index contributed by atoms with van der Waals surface area (Å²) < 4.78 is 0. The second-order valence-corrected chi connectivity index (χ2v) is 7.75. The summed E-state index contributed by atoms with van der Waals surface area (Å²) in [5.74, 6) is 0.224. The smallest absolute Gasteiger partial charge is 0.227 e. The molecule has 1 fully saturated rings. The Morgan fingerprint density at radius 1 is 1.11 bits per heavy atom. The highest BCUT2D eigenvalue weighted by Crippen LogP contribution is 2.30. The third-order valence-electron chi connectivity index (χ3n) is 4.64. The first kappa shape index (κ1) is 19.7. The Morgan fingerprint density at radius 2 is 1.81 bits per heavy atom. The number of amides is 2. The van der Waals surface area contributed by atoms with Crippen LogP contribution in [-0.4, -0.2) is 11.8 Å². The molecule has 6 heteroatoms. The van der Waals surface area contributed by atoms with Crippen LogP contribution in [0.25, 0.3) is 0 Å². The molecule has 27 heavy (non-hydrogen) atoms. The first-order valence-corrected chi connectivity index (χ1v) is 9.82. The van der Waals surface area contributed by atoms with Gasteiger partial charge in [0, 0.05) is 28.1 Å². The molecule has 1 aliphatic carbocycles. The van der Waals surface area contributed by atoms with Crippen molar-refractivity contribution in [3.8, 4) is 0 Å². The molecule has 0 radical (unpaired) electrons. The predicted octanol–water partition coefficient (Wildman–Crippen LogP) is 5.15. The van der Waals surface area contributed by atoms with Crippen molar-refractivity contribution >= 4 is 40.7 Å². The monoisotopic (exact) mass is 404 g/mol. The van der Waals surface area contributed by atoms with Crippen molar-refractivity contribution in [3.05, 3.63) is 63.6 Å². The Kier molecular flexibility index (Phi) is 6.40. The van der Waals surface area contributed by atoms with E-state index in [0.717, 1.165) is 29.7 Å². The highest BCUT2D eigenvalue weighted by molar-refractivity contribution is 6.35. The molecule has 4 nitrogen and oxygen atoms in total. The molecule has 2 amide bonds. The largest absolute Gasteiger partial charge is 0.350 e. The van der Waals surface area contributed by atoms with E-state index in [-0.39, 0.29) is 23.8 Å². The van der Waals surface area contributed by atoms with Crippen LogP contribution in [0.15, 0.2) is 42.5 Å². The van der Waals surface area contributed by atoms with Gasteiger partial charge in [0.25, 0.3) is 0 Å². The van der Waals surface area contributed by atoms with Gasteiger partial charge in [0.05, 0.1) is 6.04 Å². The fourth-order valence-corrected chi connectivity index (χ4v) is 3.32. The van der Waals surface area contributed by atoms with E-state index in [1.54, 1.807) is 12.1 Å². The van der Waals surface area contributed by atoms with Crippen molar-refractivity contribution in [1.29, 1.82) is 0 Å². The van der Waals surface area contributed by atoms with Crippen LogP contribution in [0, 0.1) is 5.92 Å². The molecule has 0 aromatic heterocycles. The highest BCUT2D eigenvalue weighted by atomic mass is 35.5. The molecule has 2 aromatic carbocycles. The van der Waals surface area contributed by atoms with Crippen LogP contribution in [0.4, 0.5) is 5.69 Å². The molecule has 1 aliphatic rings. The molecule has 142 valence electrons. The second kappa shape index (κ2) is 8.77. The molecule has 1 unspecified atom stereocenters. The lowest BCUT2D eigenvalue weighted by Crippen LogP contribution is -2.26. The minimum absolute atomic E-state index is 0.0420. The van der Waals surface area contributed by atoms with E-state index in [2.05, 4.69) is 10.6 Å². The number of aryl methyl sites for hydroxylation is 1. The fourth-order valence-electron chi connectivity index (χ4n) is 2.81. The van der Waals surface area contributed by atoms with Crippen LogP contribution >= 0.6 is 23.2 Å². The lowest BCUT2D eigenvalue weighted by Gasteiger charge is -2.15. The Morgan fingerprint density at radius 3 is 2.44 bits per heavy atom. The predicted molar refractivity (Wildman–Crippen MR) is 109 cm³/mol. The van der Waals surface area contributed by atoms with Crippen molar-refractivity contribution in [2.75, 3.05) is 5.32 Å². The maximum Gasteiger partial charge on any atom is 0.227 e. The van der Waals surface area contributed by atoms with Crippen LogP contribution in [0.1, 0.15) is 43.4 Å². The Hall–Kier alpha value is -2.04. The molecule has 0 saturated heterocycles. The summed E-state index contributed by atoms with van der Waals surface area (Å²) >= 11 is 12.0. The second-order valence-electron chi connectivity index (χ2n) is 6.91. The van der Waals surface area contributed by atoms with Crippen molar-refractivity contribution < 1.29 is 9.59 Å². The first-order valence-electron chi connectivity index (χ1n) is 9.06. The van der Waals surface area contributed by atoms with Crippen LogP contribution in [0.2, 0.25) is 10.0 Å². The lowest BCUT2D eigenvalue weighted by molar-refractivity contribution is -0.121. The van der Waals surface area contributed by atoms with Crippen molar-refractivity contribution in [2.24, 2.45) is 5.92 Å². The minimum atomic E-state index is -0.119. The van der Waals surface area contributed by atoms with Gasteiger partial charge >= 0.3 is 0 Å². The number of benzene rings is 2. The maximum atomic E-state index is 12.2. The van der Waals surface area contributed by atoms with Gasteiger partial charge < -0.3 is 10.6 Å². The number of hydrogen-bond acceptors (Lipinski definition) is 2. The van der Waals surface area contributed by atoms with E-state index in [1.165, 1.54) is 0 Å². The third-order valence-corrected chi connectivity index (χ3v) is 5.23. The molecule has 2 aromatic rings. The summed E-state index contributed by atoms with van der Waals surface area (Å²) in [7, 11) is 0. The number of carbonyl (C=O) groups is 2. The van der Waals surface area contributed by atoms with Crippen LogP contribution in [0.5, 0.6) is 0 Å². The van der Waals surface area contributed by atoms with Gasteiger partial charge in [0.2, 0.25) is 11.8 Å². The molecule has 1 saturated carbocycles. The van der Waals surface area contributed by atoms with Gasteiger partial charge in [0.15, 0.2) is 0 Å². The zero-order valence-corrected chi connectivity index (χ0v) is 16.6. The molecular weight excluding hydrogens is 383 g/mol. The van der Waals surface area contributed by atoms with E-state index in [9.17, 15) is 9.59 Å². The summed E-state index contributed by atoms with van der Waals surface area (Å²) in [6, 6.07) is 12.8. The summed E-state index contributed by atoms with van der Waals surface area (Å²) in [6.07, 6.45) is 2.87.